The number of rotatable bonds is 3. The topological polar surface area (TPSA) is 70.0 Å². The van der Waals surface area contributed by atoms with Gasteiger partial charge in [0.1, 0.15) is 5.40 Å². The molecule has 0 aliphatic carbocycles. The van der Waals surface area contributed by atoms with Crippen LogP contribution < -0.4 is 5.73 Å². The molecule has 0 aromatic heterocycles. The Morgan fingerprint density at radius 2 is 2.36 bits per heavy atom. The predicted octanol–water partition coefficient (Wildman–Crippen LogP) is 1.85. The first-order chi connectivity index (χ1) is 6.77. The van der Waals surface area contributed by atoms with Gasteiger partial charge in [0.2, 0.25) is 0 Å². The third-order valence-corrected chi connectivity index (χ3v) is 2.21. The van der Waals surface area contributed by atoms with Crippen LogP contribution in [-0.2, 0) is 0 Å². The SMILES string of the molecule is N#CSc1ccc(N)c(C=CCO)c1. The summed E-state index contributed by atoms with van der Waals surface area (Å²) in [5.74, 6) is 0. The lowest BCUT2D eigenvalue weighted by Gasteiger charge is -2.01. The summed E-state index contributed by atoms with van der Waals surface area (Å²) in [5.41, 5.74) is 7.16. The first-order valence-electron chi connectivity index (χ1n) is 4.01. The Labute approximate surface area is 86.9 Å². The molecule has 1 rings (SSSR count). The molecule has 3 nitrogen and oxygen atoms in total. The number of anilines is 1. The minimum atomic E-state index is -0.0188. The van der Waals surface area contributed by atoms with E-state index in [1.807, 2.05) is 11.5 Å². The van der Waals surface area contributed by atoms with Crippen molar-refractivity contribution >= 4 is 23.5 Å². The summed E-state index contributed by atoms with van der Waals surface area (Å²) < 4.78 is 0. The van der Waals surface area contributed by atoms with Gasteiger partial charge < -0.3 is 10.8 Å². The minimum Gasteiger partial charge on any atom is -0.398 e. The molecule has 0 aliphatic rings. The molecule has 0 bridgehead atoms. The van der Waals surface area contributed by atoms with Crippen LogP contribution in [0.5, 0.6) is 0 Å². The fourth-order valence-electron chi connectivity index (χ4n) is 0.993. The minimum absolute atomic E-state index is 0.0188. The number of benzene rings is 1. The first kappa shape index (κ1) is 10.6. The van der Waals surface area contributed by atoms with Crippen molar-refractivity contribution in [2.24, 2.45) is 0 Å². The molecule has 0 atom stereocenters. The summed E-state index contributed by atoms with van der Waals surface area (Å²) in [7, 11) is 0. The summed E-state index contributed by atoms with van der Waals surface area (Å²) in [4.78, 5) is 0.847. The van der Waals surface area contributed by atoms with Gasteiger partial charge in [-0.25, -0.2) is 0 Å². The molecule has 14 heavy (non-hydrogen) atoms. The van der Waals surface area contributed by atoms with Gasteiger partial charge in [-0.3, -0.25) is 0 Å². The van der Waals surface area contributed by atoms with Crippen molar-refractivity contribution in [1.29, 1.82) is 5.26 Å². The number of thiocyanates is 1. The van der Waals surface area contributed by atoms with Crippen LogP contribution >= 0.6 is 11.8 Å². The number of aliphatic hydroxyl groups excluding tert-OH is 1. The molecule has 0 heterocycles. The van der Waals surface area contributed by atoms with Gasteiger partial charge in [0, 0.05) is 10.6 Å². The molecule has 0 aliphatic heterocycles. The molecular formula is C10H10N2OS. The highest BCUT2D eigenvalue weighted by molar-refractivity contribution is 8.03. The van der Waals surface area contributed by atoms with E-state index >= 15 is 0 Å². The van der Waals surface area contributed by atoms with E-state index in [0.29, 0.717) is 5.69 Å². The molecule has 0 amide bonds. The van der Waals surface area contributed by atoms with Crippen molar-refractivity contribution < 1.29 is 5.11 Å². The van der Waals surface area contributed by atoms with Crippen LogP contribution in [0, 0.1) is 10.7 Å². The van der Waals surface area contributed by atoms with Gasteiger partial charge in [0.05, 0.1) is 6.61 Å². The Morgan fingerprint density at radius 3 is 3.00 bits per heavy atom. The quantitative estimate of drug-likeness (QED) is 0.450. The molecule has 4 heteroatoms. The maximum absolute atomic E-state index is 8.61. The van der Waals surface area contributed by atoms with Crippen molar-refractivity contribution in [2.45, 2.75) is 4.90 Å². The van der Waals surface area contributed by atoms with Crippen LogP contribution in [0.25, 0.3) is 6.08 Å². The molecule has 0 radical (unpaired) electrons. The lowest BCUT2D eigenvalue weighted by molar-refractivity contribution is 0.343. The van der Waals surface area contributed by atoms with E-state index in [1.165, 1.54) is 0 Å². The highest BCUT2D eigenvalue weighted by Gasteiger charge is 1.98. The Kier molecular flexibility index (Phi) is 4.05. The average molecular weight is 206 g/mol. The second-order valence-corrected chi connectivity index (χ2v) is 3.43. The van der Waals surface area contributed by atoms with Gasteiger partial charge in [0.15, 0.2) is 0 Å². The monoisotopic (exact) mass is 206 g/mol. The summed E-state index contributed by atoms with van der Waals surface area (Å²) >= 11 is 1.09. The van der Waals surface area contributed by atoms with E-state index in [-0.39, 0.29) is 6.61 Å². The zero-order valence-corrected chi connectivity index (χ0v) is 8.29. The van der Waals surface area contributed by atoms with Crippen LogP contribution in [0.1, 0.15) is 5.56 Å². The number of aliphatic hydroxyl groups is 1. The van der Waals surface area contributed by atoms with Crippen molar-refractivity contribution in [2.75, 3.05) is 12.3 Å². The standard InChI is InChI=1S/C10H10N2OS/c11-7-14-9-3-4-10(12)8(6-9)2-1-5-13/h1-4,6,13H,5,12H2. The highest BCUT2D eigenvalue weighted by Crippen LogP contribution is 2.22. The number of hydrogen-bond acceptors (Lipinski definition) is 4. The van der Waals surface area contributed by atoms with Gasteiger partial charge in [-0.15, -0.1) is 0 Å². The molecule has 0 saturated carbocycles. The summed E-state index contributed by atoms with van der Waals surface area (Å²) in [5, 5.41) is 19.1. The Hall–Kier alpha value is -1.44. The molecule has 0 fully saturated rings. The second kappa shape index (κ2) is 5.32. The molecule has 1 aromatic rings. The Morgan fingerprint density at radius 1 is 1.57 bits per heavy atom. The Bertz CT molecular complexity index is 382. The summed E-state index contributed by atoms with van der Waals surface area (Å²) in [6.07, 6.45) is 3.34. The van der Waals surface area contributed by atoms with Gasteiger partial charge in [-0.05, 0) is 35.5 Å². The summed E-state index contributed by atoms with van der Waals surface area (Å²) in [6, 6.07) is 5.35. The fraction of sp³-hybridized carbons (Fsp3) is 0.100. The average Bonchev–Trinajstić information content (AvgIpc) is 2.19. The smallest absolute Gasteiger partial charge is 0.138 e. The zero-order valence-electron chi connectivity index (χ0n) is 7.47. The third-order valence-electron chi connectivity index (χ3n) is 1.62. The summed E-state index contributed by atoms with van der Waals surface area (Å²) in [6.45, 7) is -0.0188. The van der Waals surface area contributed by atoms with E-state index in [1.54, 1.807) is 24.3 Å². The fourth-order valence-corrected chi connectivity index (χ4v) is 1.42. The predicted molar refractivity (Wildman–Crippen MR) is 58.4 cm³/mol. The van der Waals surface area contributed by atoms with E-state index in [4.69, 9.17) is 16.1 Å². The van der Waals surface area contributed by atoms with Crippen molar-refractivity contribution in [1.82, 2.24) is 0 Å². The van der Waals surface area contributed by atoms with Crippen LogP contribution in [0.3, 0.4) is 0 Å². The first-order valence-corrected chi connectivity index (χ1v) is 4.82. The molecule has 1 aromatic carbocycles. The highest BCUT2D eigenvalue weighted by atomic mass is 32.2. The molecule has 72 valence electrons. The molecular weight excluding hydrogens is 196 g/mol. The van der Waals surface area contributed by atoms with E-state index in [0.717, 1.165) is 22.2 Å². The van der Waals surface area contributed by atoms with E-state index in [2.05, 4.69) is 0 Å². The normalized spacial score (nSPS) is 10.3. The molecule has 0 spiro atoms. The number of nitrogens with zero attached hydrogens (tertiary/aromatic N) is 1. The number of thioether (sulfide) groups is 1. The van der Waals surface area contributed by atoms with Crippen molar-refractivity contribution in [3.8, 4) is 5.40 Å². The molecule has 0 saturated heterocycles. The van der Waals surface area contributed by atoms with E-state index in [9.17, 15) is 0 Å². The number of nitrogen functional groups attached to an aromatic ring is 1. The number of hydrogen-bond donors (Lipinski definition) is 2. The largest absolute Gasteiger partial charge is 0.398 e. The second-order valence-electron chi connectivity index (χ2n) is 2.57. The zero-order chi connectivity index (χ0) is 10.4. The Balaban J connectivity index is 2.97. The number of nitrogens with two attached hydrogens (primary N) is 1. The van der Waals surface area contributed by atoms with E-state index < -0.39 is 0 Å². The molecule has 3 N–H and O–H groups in total. The van der Waals surface area contributed by atoms with Gasteiger partial charge >= 0.3 is 0 Å². The van der Waals surface area contributed by atoms with Crippen LogP contribution in [-0.4, -0.2) is 11.7 Å². The maximum atomic E-state index is 8.61. The van der Waals surface area contributed by atoms with Gasteiger partial charge in [-0.1, -0.05) is 12.2 Å². The third kappa shape index (κ3) is 2.80. The van der Waals surface area contributed by atoms with Gasteiger partial charge in [0.25, 0.3) is 0 Å². The lowest BCUT2D eigenvalue weighted by Crippen LogP contribution is -1.89. The van der Waals surface area contributed by atoms with Crippen LogP contribution in [0.2, 0.25) is 0 Å². The van der Waals surface area contributed by atoms with Crippen molar-refractivity contribution in [3.63, 3.8) is 0 Å². The van der Waals surface area contributed by atoms with Crippen LogP contribution in [0.15, 0.2) is 29.2 Å². The lowest BCUT2D eigenvalue weighted by atomic mass is 10.1. The molecule has 0 unspecified atom stereocenters. The van der Waals surface area contributed by atoms with Crippen LogP contribution in [0.4, 0.5) is 5.69 Å². The van der Waals surface area contributed by atoms with Gasteiger partial charge in [-0.2, -0.15) is 5.26 Å². The van der Waals surface area contributed by atoms with Crippen molar-refractivity contribution in [3.05, 3.63) is 29.8 Å². The maximum Gasteiger partial charge on any atom is 0.138 e. The number of nitriles is 1.